The summed E-state index contributed by atoms with van der Waals surface area (Å²) in [6, 6.07) is 6.59. The van der Waals surface area contributed by atoms with Gasteiger partial charge in [-0.15, -0.1) is 0 Å². The highest BCUT2D eigenvalue weighted by atomic mass is 19.1. The number of nitrogens with zero attached hydrogens (tertiary/aromatic N) is 3. The predicted octanol–water partition coefficient (Wildman–Crippen LogP) is 3.29. The first-order valence-electron chi connectivity index (χ1n) is 13.3. The van der Waals surface area contributed by atoms with Gasteiger partial charge in [0.15, 0.2) is 5.69 Å². The van der Waals surface area contributed by atoms with Crippen LogP contribution < -0.4 is 21.9 Å². The predicted molar refractivity (Wildman–Crippen MR) is 140 cm³/mol. The van der Waals surface area contributed by atoms with Crippen molar-refractivity contribution in [3.05, 3.63) is 56.5 Å². The molecule has 1 saturated heterocycles. The van der Waals surface area contributed by atoms with Gasteiger partial charge in [0.2, 0.25) is 5.91 Å². The van der Waals surface area contributed by atoms with Gasteiger partial charge in [-0.05, 0) is 75.2 Å². The molecule has 0 spiro atoms. The van der Waals surface area contributed by atoms with E-state index in [1.165, 1.54) is 16.7 Å². The number of aromatic amines is 1. The SMILES string of the molecule is CCCCn1c(N)c(N(C(=O)CN2CCC(Cc3ccc(F)cc3)CC2)C2CCCC2)c(=O)[nH]c1=O. The second-order valence-corrected chi connectivity index (χ2v) is 10.3. The van der Waals surface area contributed by atoms with Crippen LogP contribution in [-0.2, 0) is 17.8 Å². The van der Waals surface area contributed by atoms with Crippen LogP contribution in [0.5, 0.6) is 0 Å². The van der Waals surface area contributed by atoms with E-state index in [9.17, 15) is 18.8 Å². The summed E-state index contributed by atoms with van der Waals surface area (Å²) in [4.78, 5) is 45.2. The molecule has 2 aliphatic rings. The number of anilines is 2. The summed E-state index contributed by atoms with van der Waals surface area (Å²) in [5, 5.41) is 0. The molecular weight excluding hydrogens is 461 g/mol. The number of likely N-dealkylation sites (tertiary alicyclic amines) is 1. The molecule has 0 bridgehead atoms. The average molecular weight is 500 g/mol. The number of hydrogen-bond acceptors (Lipinski definition) is 5. The topological polar surface area (TPSA) is 104 Å². The van der Waals surface area contributed by atoms with Crippen LogP contribution in [0.4, 0.5) is 15.9 Å². The summed E-state index contributed by atoms with van der Waals surface area (Å²) in [6.07, 6.45) is 8.07. The van der Waals surface area contributed by atoms with E-state index in [1.54, 1.807) is 4.90 Å². The summed E-state index contributed by atoms with van der Waals surface area (Å²) in [5.41, 5.74) is 6.50. The third kappa shape index (κ3) is 6.06. The number of nitrogens with two attached hydrogens (primary N) is 1. The van der Waals surface area contributed by atoms with Crippen LogP contribution in [0, 0.1) is 11.7 Å². The molecule has 0 atom stereocenters. The number of nitrogen functional groups attached to an aromatic ring is 1. The molecule has 2 aromatic rings. The van der Waals surface area contributed by atoms with Gasteiger partial charge in [-0.25, -0.2) is 9.18 Å². The Kier molecular flexibility index (Phi) is 8.61. The van der Waals surface area contributed by atoms with Crippen molar-refractivity contribution in [3.63, 3.8) is 0 Å². The molecule has 0 radical (unpaired) electrons. The molecule has 1 aliphatic heterocycles. The number of rotatable bonds is 9. The maximum absolute atomic E-state index is 13.7. The van der Waals surface area contributed by atoms with Gasteiger partial charge in [0, 0.05) is 12.6 Å². The highest BCUT2D eigenvalue weighted by molar-refractivity contribution is 5.97. The normalized spacial score (nSPS) is 17.5. The minimum absolute atomic E-state index is 0.0791. The van der Waals surface area contributed by atoms with Gasteiger partial charge in [0.05, 0.1) is 6.54 Å². The second-order valence-electron chi connectivity index (χ2n) is 10.3. The van der Waals surface area contributed by atoms with Gasteiger partial charge in [-0.3, -0.25) is 24.0 Å². The maximum Gasteiger partial charge on any atom is 0.330 e. The molecule has 4 rings (SSSR count). The van der Waals surface area contributed by atoms with Crippen molar-refractivity contribution in [1.82, 2.24) is 14.5 Å². The number of carbonyl (C=O) groups is 1. The Morgan fingerprint density at radius 2 is 1.78 bits per heavy atom. The van der Waals surface area contributed by atoms with Crippen LogP contribution in [0.1, 0.15) is 63.9 Å². The Hall–Kier alpha value is -2.94. The molecule has 1 amide bonds. The van der Waals surface area contributed by atoms with Gasteiger partial charge < -0.3 is 10.6 Å². The molecule has 1 aromatic carbocycles. The van der Waals surface area contributed by atoms with Crippen molar-refractivity contribution in [3.8, 4) is 0 Å². The van der Waals surface area contributed by atoms with Crippen molar-refractivity contribution < 1.29 is 9.18 Å². The maximum atomic E-state index is 13.7. The van der Waals surface area contributed by atoms with Gasteiger partial charge in [0.25, 0.3) is 5.56 Å². The third-order valence-electron chi connectivity index (χ3n) is 7.65. The van der Waals surface area contributed by atoms with Crippen molar-refractivity contribution >= 4 is 17.4 Å². The van der Waals surface area contributed by atoms with Gasteiger partial charge in [-0.1, -0.05) is 38.3 Å². The van der Waals surface area contributed by atoms with Gasteiger partial charge >= 0.3 is 5.69 Å². The van der Waals surface area contributed by atoms with E-state index in [0.29, 0.717) is 12.5 Å². The molecule has 0 unspecified atom stereocenters. The van der Waals surface area contributed by atoms with E-state index in [1.807, 2.05) is 19.1 Å². The van der Waals surface area contributed by atoms with E-state index in [0.717, 1.165) is 76.4 Å². The molecule has 1 aromatic heterocycles. The van der Waals surface area contributed by atoms with Crippen LogP contribution in [-0.4, -0.2) is 46.0 Å². The molecule has 36 heavy (non-hydrogen) atoms. The van der Waals surface area contributed by atoms with Crippen LogP contribution in [0.15, 0.2) is 33.9 Å². The minimum Gasteiger partial charge on any atom is -0.383 e. The molecule has 1 saturated carbocycles. The number of halogens is 1. The molecule has 3 N–H and O–H groups in total. The van der Waals surface area contributed by atoms with Crippen LogP contribution >= 0.6 is 0 Å². The molecule has 8 nitrogen and oxygen atoms in total. The lowest BCUT2D eigenvalue weighted by Gasteiger charge is -2.35. The molecule has 2 heterocycles. The average Bonchev–Trinajstić information content (AvgIpc) is 3.38. The Balaban J connectivity index is 1.47. The van der Waals surface area contributed by atoms with E-state index < -0.39 is 11.2 Å². The molecular formula is C27H38FN5O3. The summed E-state index contributed by atoms with van der Waals surface area (Å²) in [6.45, 7) is 4.22. The first-order valence-corrected chi connectivity index (χ1v) is 13.3. The number of unbranched alkanes of at least 4 members (excludes halogenated alkanes) is 1. The number of benzene rings is 1. The molecule has 1 aliphatic carbocycles. The zero-order chi connectivity index (χ0) is 25.7. The number of amides is 1. The Bertz CT molecular complexity index is 1150. The monoisotopic (exact) mass is 499 g/mol. The fourth-order valence-electron chi connectivity index (χ4n) is 5.59. The lowest BCUT2D eigenvalue weighted by atomic mass is 9.90. The van der Waals surface area contributed by atoms with Gasteiger partial charge in [-0.2, -0.15) is 0 Å². The van der Waals surface area contributed by atoms with Gasteiger partial charge in [0.1, 0.15) is 11.6 Å². The van der Waals surface area contributed by atoms with E-state index in [-0.39, 0.29) is 35.8 Å². The quantitative estimate of drug-likeness (QED) is 0.551. The van der Waals surface area contributed by atoms with Crippen LogP contribution in [0.25, 0.3) is 0 Å². The first-order chi connectivity index (χ1) is 17.4. The van der Waals surface area contributed by atoms with Crippen molar-refractivity contribution in [2.45, 2.75) is 77.3 Å². The summed E-state index contributed by atoms with van der Waals surface area (Å²) in [5.74, 6) is 0.208. The van der Waals surface area contributed by atoms with E-state index >= 15 is 0 Å². The fourth-order valence-corrected chi connectivity index (χ4v) is 5.59. The van der Waals surface area contributed by atoms with Crippen molar-refractivity contribution in [2.75, 3.05) is 30.3 Å². The number of hydrogen-bond donors (Lipinski definition) is 2. The number of carbonyl (C=O) groups excluding carboxylic acids is 1. The number of nitrogens with one attached hydrogen (secondary N) is 1. The Morgan fingerprint density at radius 3 is 2.42 bits per heavy atom. The third-order valence-corrected chi connectivity index (χ3v) is 7.65. The second kappa shape index (κ2) is 11.9. The highest BCUT2D eigenvalue weighted by Gasteiger charge is 2.34. The molecule has 2 fully saturated rings. The number of aromatic nitrogens is 2. The Morgan fingerprint density at radius 1 is 1.11 bits per heavy atom. The molecule has 196 valence electrons. The van der Waals surface area contributed by atoms with Crippen LogP contribution in [0.2, 0.25) is 0 Å². The summed E-state index contributed by atoms with van der Waals surface area (Å²) < 4.78 is 14.6. The highest BCUT2D eigenvalue weighted by Crippen LogP contribution is 2.30. The minimum atomic E-state index is -0.594. The number of piperidine rings is 1. The van der Waals surface area contributed by atoms with Crippen molar-refractivity contribution in [2.24, 2.45) is 5.92 Å². The summed E-state index contributed by atoms with van der Waals surface area (Å²) in [7, 11) is 0. The zero-order valence-electron chi connectivity index (χ0n) is 21.2. The van der Waals surface area contributed by atoms with E-state index in [4.69, 9.17) is 5.73 Å². The lowest BCUT2D eigenvalue weighted by molar-refractivity contribution is -0.120. The number of H-pyrrole nitrogens is 1. The van der Waals surface area contributed by atoms with Crippen molar-refractivity contribution in [1.29, 1.82) is 0 Å². The zero-order valence-corrected chi connectivity index (χ0v) is 21.2. The lowest BCUT2D eigenvalue weighted by Crippen LogP contribution is -2.50. The fraction of sp³-hybridized carbons (Fsp3) is 0.593. The molecule has 9 heteroatoms. The smallest absolute Gasteiger partial charge is 0.330 e. The van der Waals surface area contributed by atoms with Crippen LogP contribution in [0.3, 0.4) is 0 Å². The summed E-state index contributed by atoms with van der Waals surface area (Å²) >= 11 is 0. The van der Waals surface area contributed by atoms with E-state index in [2.05, 4.69) is 9.88 Å². The Labute approximate surface area is 211 Å². The first kappa shape index (κ1) is 26.1. The largest absolute Gasteiger partial charge is 0.383 e. The standard InChI is InChI=1S/C27H38FN5O3/c1-2-3-14-32-25(29)24(26(35)30-27(32)36)33(22-6-4-5-7-22)23(34)18-31-15-12-20(13-16-31)17-19-8-10-21(28)11-9-19/h8-11,20,22H,2-7,12-18,29H2,1H3,(H,30,35,36).